The quantitative estimate of drug-likeness (QED) is 0.304. The number of halogens is 2. The molecule has 1 aliphatic carbocycles. The summed E-state index contributed by atoms with van der Waals surface area (Å²) in [6, 6.07) is 11.8. The molecule has 2 aromatic carbocycles. The van der Waals surface area contributed by atoms with E-state index >= 15 is 0 Å². The summed E-state index contributed by atoms with van der Waals surface area (Å²) < 4.78 is 57.8. The van der Waals surface area contributed by atoms with Gasteiger partial charge in [-0.05, 0) is 92.1 Å². The minimum atomic E-state index is -3.91. The lowest BCUT2D eigenvalue weighted by atomic mass is 9.58. The van der Waals surface area contributed by atoms with Gasteiger partial charge in [-0.1, -0.05) is 18.6 Å². The molecule has 4 aliphatic rings. The Kier molecular flexibility index (Phi) is 11.0. The summed E-state index contributed by atoms with van der Waals surface area (Å²) in [7, 11) is -2.55. The van der Waals surface area contributed by atoms with Gasteiger partial charge in [0, 0.05) is 75.8 Å². The maximum Gasteiger partial charge on any atom is 0.407 e. The first-order valence-corrected chi connectivity index (χ1v) is 19.2. The third kappa shape index (κ3) is 7.93. The van der Waals surface area contributed by atoms with Crippen LogP contribution in [0.4, 0.5) is 19.3 Å². The van der Waals surface area contributed by atoms with Gasteiger partial charge in [0.1, 0.15) is 12.0 Å². The number of nitrogens with zero attached hydrogens (tertiary/aromatic N) is 3. The third-order valence-electron chi connectivity index (χ3n) is 11.5. The number of amides is 2. The predicted molar refractivity (Wildman–Crippen MR) is 186 cm³/mol. The van der Waals surface area contributed by atoms with Crippen LogP contribution in [0.1, 0.15) is 50.2 Å². The Morgan fingerprint density at radius 2 is 1.76 bits per heavy atom. The second-order valence-corrected chi connectivity index (χ2v) is 16.2. The van der Waals surface area contributed by atoms with Crippen LogP contribution in [0.2, 0.25) is 0 Å². The van der Waals surface area contributed by atoms with Crippen LogP contribution in [-0.4, -0.2) is 102 Å². The number of hydrogen-bond donors (Lipinski definition) is 3. The van der Waals surface area contributed by atoms with E-state index in [0.717, 1.165) is 76.1 Å². The van der Waals surface area contributed by atoms with Crippen molar-refractivity contribution in [1.82, 2.24) is 20.4 Å². The highest BCUT2D eigenvalue weighted by atomic mass is 32.2. The monoisotopic (exact) mass is 716 g/mol. The average molecular weight is 717 g/mol. The predicted octanol–water partition coefficient (Wildman–Crippen LogP) is 3.37. The molecular weight excluding hydrogens is 666 g/mol. The standard InChI is InChI=1S/C36H50F2N6O5S/c1-24(45)40-23-36(28-5-3-6-29(37)16-28,32-7-4-8-33(32)41-35(46)49-2)27-11-13-42(14-12-27)17-25-18-44(19-25)31-9-10-34(50(39,47)48)26(15-31)20-43-21-30(38)22-43/h3,5-6,9-10,15-16,25,27,30,32-33H,4,7-8,11-14,17-23H2,1-2H3,(H,40,45)(H,41,46)(H2,39,47,48)/t32-,33-,36-/m0/s1. The number of sulfonamides is 1. The van der Waals surface area contributed by atoms with Crippen molar-refractivity contribution in [3.8, 4) is 0 Å². The van der Waals surface area contributed by atoms with Gasteiger partial charge in [-0.15, -0.1) is 0 Å². The SMILES string of the molecule is COC(=O)N[C@H]1CCC[C@@H]1[C@](CNC(C)=O)(c1cccc(F)c1)C1CCN(CC2CN(c3ccc(S(N)(=O)=O)c(CN4CC(F)C4)c3)C2)CC1. The van der Waals surface area contributed by atoms with E-state index in [4.69, 9.17) is 9.88 Å². The number of benzene rings is 2. The molecule has 0 aromatic heterocycles. The minimum absolute atomic E-state index is 0.0166. The summed E-state index contributed by atoms with van der Waals surface area (Å²) in [5.74, 6) is 0.0970. The lowest BCUT2D eigenvalue weighted by Gasteiger charge is -2.51. The smallest absolute Gasteiger partial charge is 0.407 e. The van der Waals surface area contributed by atoms with Gasteiger partial charge in [0.05, 0.1) is 12.0 Å². The Bertz CT molecular complexity index is 1640. The van der Waals surface area contributed by atoms with E-state index in [0.29, 0.717) is 37.7 Å². The maximum atomic E-state index is 14.9. The highest BCUT2D eigenvalue weighted by Gasteiger charge is 2.52. The molecular formula is C36H50F2N6O5S. The summed E-state index contributed by atoms with van der Waals surface area (Å²) in [6.45, 7) is 7.09. The van der Waals surface area contributed by atoms with Gasteiger partial charge in [-0.2, -0.15) is 0 Å². The number of piperidine rings is 1. The Morgan fingerprint density at radius 3 is 2.40 bits per heavy atom. The van der Waals surface area contributed by atoms with E-state index in [2.05, 4.69) is 20.4 Å². The van der Waals surface area contributed by atoms with Crippen molar-refractivity contribution in [2.75, 3.05) is 64.4 Å². The van der Waals surface area contributed by atoms with E-state index in [-0.39, 0.29) is 34.5 Å². The van der Waals surface area contributed by atoms with Gasteiger partial charge in [0.2, 0.25) is 15.9 Å². The first-order chi connectivity index (χ1) is 23.8. The number of ether oxygens (including phenoxy) is 1. The molecule has 0 radical (unpaired) electrons. The Hall–Kier alpha value is -3.33. The molecule has 14 heteroatoms. The van der Waals surface area contributed by atoms with Crippen molar-refractivity contribution in [2.24, 2.45) is 22.9 Å². The van der Waals surface area contributed by atoms with Crippen molar-refractivity contribution >= 4 is 27.7 Å². The fraction of sp³-hybridized carbons (Fsp3) is 0.611. The summed E-state index contributed by atoms with van der Waals surface area (Å²) in [5, 5.41) is 11.7. The first-order valence-electron chi connectivity index (χ1n) is 17.7. The topological polar surface area (TPSA) is 137 Å². The van der Waals surface area contributed by atoms with Crippen molar-refractivity contribution in [2.45, 2.75) is 68.1 Å². The van der Waals surface area contributed by atoms with Crippen LogP contribution < -0.4 is 20.7 Å². The summed E-state index contributed by atoms with van der Waals surface area (Å²) in [6.07, 6.45) is 2.91. The fourth-order valence-corrected chi connectivity index (χ4v) is 9.82. The largest absolute Gasteiger partial charge is 0.453 e. The molecule has 4 fully saturated rings. The van der Waals surface area contributed by atoms with Crippen molar-refractivity contribution in [3.05, 3.63) is 59.4 Å². The number of alkyl carbamates (subject to hydrolysis) is 1. The minimum Gasteiger partial charge on any atom is -0.453 e. The van der Waals surface area contributed by atoms with E-state index in [9.17, 15) is 26.8 Å². The summed E-state index contributed by atoms with van der Waals surface area (Å²) in [5.41, 5.74) is 1.80. The second kappa shape index (κ2) is 15.1. The van der Waals surface area contributed by atoms with Crippen LogP contribution in [0, 0.1) is 23.6 Å². The first kappa shape index (κ1) is 36.5. The fourth-order valence-electron chi connectivity index (χ4n) is 9.07. The number of alkyl halides is 1. The molecule has 3 atom stereocenters. The molecule has 1 saturated carbocycles. The van der Waals surface area contributed by atoms with Gasteiger partial charge in [-0.25, -0.2) is 27.1 Å². The second-order valence-electron chi connectivity index (χ2n) is 14.7. The highest BCUT2D eigenvalue weighted by molar-refractivity contribution is 7.89. The van der Waals surface area contributed by atoms with Crippen LogP contribution in [0.5, 0.6) is 0 Å². The summed E-state index contributed by atoms with van der Waals surface area (Å²) in [4.78, 5) is 31.4. The molecule has 0 unspecified atom stereocenters. The average Bonchev–Trinajstić information content (AvgIpc) is 3.50. The Balaban J connectivity index is 1.13. The zero-order valence-electron chi connectivity index (χ0n) is 29.0. The lowest BCUT2D eigenvalue weighted by Crippen LogP contribution is -2.58. The van der Waals surface area contributed by atoms with Crippen LogP contribution in [0.25, 0.3) is 0 Å². The van der Waals surface area contributed by atoms with E-state index in [1.165, 1.54) is 20.1 Å². The number of hydrogen-bond acceptors (Lipinski definition) is 8. The van der Waals surface area contributed by atoms with Gasteiger partial charge < -0.3 is 25.2 Å². The normalized spacial score (nSPS) is 23.9. The number of methoxy groups -OCH3 is 1. The van der Waals surface area contributed by atoms with Gasteiger partial charge in [-0.3, -0.25) is 9.69 Å². The number of carbonyl (C=O) groups excluding carboxylic acids is 2. The number of primary sulfonamides is 1. The molecule has 0 bridgehead atoms. The van der Waals surface area contributed by atoms with Gasteiger partial charge in [0.25, 0.3) is 0 Å². The van der Waals surface area contributed by atoms with Crippen LogP contribution >= 0.6 is 0 Å². The van der Waals surface area contributed by atoms with Gasteiger partial charge >= 0.3 is 6.09 Å². The molecule has 50 heavy (non-hydrogen) atoms. The number of nitrogens with two attached hydrogens (primary N) is 1. The molecule has 3 heterocycles. The zero-order chi connectivity index (χ0) is 35.6. The molecule has 274 valence electrons. The van der Waals surface area contributed by atoms with E-state index in [1.807, 2.05) is 17.0 Å². The van der Waals surface area contributed by atoms with Crippen LogP contribution in [0.3, 0.4) is 0 Å². The molecule has 3 aliphatic heterocycles. The van der Waals surface area contributed by atoms with Crippen LogP contribution in [0.15, 0.2) is 47.4 Å². The number of carbonyl (C=O) groups is 2. The van der Waals surface area contributed by atoms with Crippen LogP contribution in [-0.2, 0) is 31.5 Å². The number of anilines is 1. The molecule has 6 rings (SSSR count). The highest BCUT2D eigenvalue weighted by Crippen LogP contribution is 2.50. The molecule has 4 N–H and O–H groups in total. The molecule has 11 nitrogen and oxygen atoms in total. The molecule has 2 aromatic rings. The number of rotatable bonds is 12. The van der Waals surface area contributed by atoms with Crippen molar-refractivity contribution in [1.29, 1.82) is 0 Å². The van der Waals surface area contributed by atoms with Crippen molar-refractivity contribution < 1.29 is 31.5 Å². The maximum absolute atomic E-state index is 14.9. The zero-order valence-corrected chi connectivity index (χ0v) is 29.8. The van der Waals surface area contributed by atoms with Crippen molar-refractivity contribution in [3.63, 3.8) is 0 Å². The summed E-state index contributed by atoms with van der Waals surface area (Å²) >= 11 is 0. The molecule has 2 amide bonds. The third-order valence-corrected chi connectivity index (χ3v) is 12.5. The van der Waals surface area contributed by atoms with E-state index < -0.39 is 27.7 Å². The molecule has 0 spiro atoms. The lowest BCUT2D eigenvalue weighted by molar-refractivity contribution is -0.119. The Morgan fingerprint density at radius 1 is 1.02 bits per heavy atom. The number of likely N-dealkylation sites (tertiary alicyclic amines) is 2. The Labute approximate surface area is 293 Å². The van der Waals surface area contributed by atoms with Gasteiger partial charge in [0.15, 0.2) is 0 Å². The molecule has 3 saturated heterocycles. The van der Waals surface area contributed by atoms with E-state index in [1.54, 1.807) is 24.3 Å². The number of nitrogens with one attached hydrogen (secondary N) is 2.